The average Bonchev–Trinajstić information content (AvgIpc) is 2.58. The fourth-order valence-electron chi connectivity index (χ4n) is 1.78. The van der Waals surface area contributed by atoms with Crippen molar-refractivity contribution in [1.82, 2.24) is 9.61 Å². The van der Waals surface area contributed by atoms with E-state index in [1.54, 1.807) is 11.8 Å². The highest BCUT2D eigenvalue weighted by Gasteiger charge is 2.12. The van der Waals surface area contributed by atoms with Gasteiger partial charge in [0.1, 0.15) is 5.03 Å². The summed E-state index contributed by atoms with van der Waals surface area (Å²) in [6.07, 6.45) is 2.98. The predicted molar refractivity (Wildman–Crippen MR) is 65.5 cm³/mol. The number of anilines is 1. The van der Waals surface area contributed by atoms with Crippen LogP contribution in [0.15, 0.2) is 17.2 Å². The molecule has 0 radical (unpaired) electrons. The van der Waals surface area contributed by atoms with Gasteiger partial charge in [-0.3, -0.25) is 0 Å². The largest absolute Gasteiger partial charge is 0.395 e. The standard InChI is InChI=1S/C11H15N3S/c1-4-8-6-5-7(2)14-10(8)9(12)11(13-14)15-3/h5-6H,4,12H2,1-3H3. The van der Waals surface area contributed by atoms with Gasteiger partial charge in [0, 0.05) is 5.69 Å². The Hall–Kier alpha value is -1.16. The first-order chi connectivity index (χ1) is 7.19. The minimum absolute atomic E-state index is 0.808. The van der Waals surface area contributed by atoms with Crippen LogP contribution in [0.1, 0.15) is 18.2 Å². The number of aryl methyl sites for hydroxylation is 2. The van der Waals surface area contributed by atoms with Crippen LogP contribution in [0.5, 0.6) is 0 Å². The van der Waals surface area contributed by atoms with E-state index in [0.717, 1.165) is 28.3 Å². The van der Waals surface area contributed by atoms with E-state index >= 15 is 0 Å². The second-order valence-corrected chi connectivity index (χ2v) is 4.33. The van der Waals surface area contributed by atoms with Crippen LogP contribution >= 0.6 is 11.8 Å². The zero-order valence-corrected chi connectivity index (χ0v) is 10.1. The number of pyridine rings is 1. The molecule has 2 aromatic rings. The molecular weight excluding hydrogens is 206 g/mol. The number of rotatable bonds is 2. The predicted octanol–water partition coefficient (Wildman–Crippen LogP) is 2.51. The minimum Gasteiger partial charge on any atom is -0.395 e. The van der Waals surface area contributed by atoms with E-state index < -0.39 is 0 Å². The molecule has 0 spiro atoms. The molecule has 0 unspecified atom stereocenters. The average molecular weight is 221 g/mol. The summed E-state index contributed by atoms with van der Waals surface area (Å²) < 4.78 is 1.94. The SMILES string of the molecule is CCc1ccc(C)n2nc(SC)c(N)c12. The molecule has 0 atom stereocenters. The molecule has 0 fully saturated rings. The molecule has 0 saturated heterocycles. The summed E-state index contributed by atoms with van der Waals surface area (Å²) in [5.74, 6) is 0. The Balaban J connectivity index is 2.85. The van der Waals surface area contributed by atoms with Crippen molar-refractivity contribution in [3.05, 3.63) is 23.4 Å². The third kappa shape index (κ3) is 1.49. The maximum atomic E-state index is 6.09. The molecule has 0 amide bonds. The number of nitrogen functional groups attached to an aromatic ring is 1. The van der Waals surface area contributed by atoms with Gasteiger partial charge < -0.3 is 5.73 Å². The van der Waals surface area contributed by atoms with E-state index in [2.05, 4.69) is 24.2 Å². The number of nitrogens with two attached hydrogens (primary N) is 1. The number of fused-ring (bicyclic) bond motifs is 1. The fourth-order valence-corrected chi connectivity index (χ4v) is 2.26. The third-order valence-electron chi connectivity index (χ3n) is 2.63. The van der Waals surface area contributed by atoms with Crippen molar-refractivity contribution in [2.45, 2.75) is 25.3 Å². The minimum atomic E-state index is 0.808. The zero-order chi connectivity index (χ0) is 11.0. The van der Waals surface area contributed by atoms with Gasteiger partial charge in [-0.2, -0.15) is 5.10 Å². The molecule has 0 bridgehead atoms. The van der Waals surface area contributed by atoms with Crippen molar-refractivity contribution < 1.29 is 0 Å². The highest BCUT2D eigenvalue weighted by atomic mass is 32.2. The van der Waals surface area contributed by atoms with Crippen LogP contribution in [0.4, 0.5) is 5.69 Å². The summed E-state index contributed by atoms with van der Waals surface area (Å²) in [6.45, 7) is 4.18. The molecule has 2 aromatic heterocycles. The second kappa shape index (κ2) is 3.77. The smallest absolute Gasteiger partial charge is 0.142 e. The van der Waals surface area contributed by atoms with Crippen LogP contribution in [0.25, 0.3) is 5.52 Å². The van der Waals surface area contributed by atoms with Crippen LogP contribution in [-0.4, -0.2) is 15.9 Å². The number of aromatic nitrogens is 2. The Morgan fingerprint density at radius 2 is 2.20 bits per heavy atom. The summed E-state index contributed by atoms with van der Waals surface area (Å²) >= 11 is 1.59. The third-order valence-corrected chi connectivity index (χ3v) is 3.31. The van der Waals surface area contributed by atoms with E-state index in [4.69, 9.17) is 5.73 Å². The Morgan fingerprint density at radius 3 is 2.80 bits per heavy atom. The lowest BCUT2D eigenvalue weighted by Crippen LogP contribution is -1.97. The molecule has 0 aliphatic carbocycles. The first-order valence-corrected chi connectivity index (χ1v) is 6.22. The van der Waals surface area contributed by atoms with Crippen LogP contribution in [-0.2, 0) is 6.42 Å². The van der Waals surface area contributed by atoms with Crippen LogP contribution < -0.4 is 5.73 Å². The molecule has 0 aliphatic rings. The van der Waals surface area contributed by atoms with Crippen molar-refractivity contribution in [2.24, 2.45) is 0 Å². The summed E-state index contributed by atoms with van der Waals surface area (Å²) in [6, 6.07) is 4.22. The Kier molecular flexibility index (Phi) is 2.61. The number of hydrogen-bond acceptors (Lipinski definition) is 3. The van der Waals surface area contributed by atoms with Crippen LogP contribution in [0.2, 0.25) is 0 Å². The van der Waals surface area contributed by atoms with Crippen LogP contribution in [0.3, 0.4) is 0 Å². The van der Waals surface area contributed by atoms with Gasteiger partial charge in [0.25, 0.3) is 0 Å². The topological polar surface area (TPSA) is 43.3 Å². The molecule has 3 nitrogen and oxygen atoms in total. The normalized spacial score (nSPS) is 11.1. The van der Waals surface area contributed by atoms with Gasteiger partial charge in [-0.15, -0.1) is 11.8 Å². The van der Waals surface area contributed by atoms with Crippen molar-refractivity contribution in [3.63, 3.8) is 0 Å². The van der Waals surface area contributed by atoms with Gasteiger partial charge in [0.05, 0.1) is 11.2 Å². The summed E-state index contributed by atoms with van der Waals surface area (Å²) in [5, 5.41) is 5.41. The number of hydrogen-bond donors (Lipinski definition) is 1. The molecule has 80 valence electrons. The first kappa shape index (κ1) is 10.4. The van der Waals surface area contributed by atoms with E-state index in [1.165, 1.54) is 5.56 Å². The summed E-state index contributed by atoms with van der Waals surface area (Å²) in [4.78, 5) is 0. The quantitative estimate of drug-likeness (QED) is 0.792. The first-order valence-electron chi connectivity index (χ1n) is 4.99. The van der Waals surface area contributed by atoms with Crippen molar-refractivity contribution in [1.29, 1.82) is 0 Å². The van der Waals surface area contributed by atoms with E-state index in [9.17, 15) is 0 Å². The highest BCUT2D eigenvalue weighted by Crippen LogP contribution is 2.29. The maximum absolute atomic E-state index is 6.09. The van der Waals surface area contributed by atoms with E-state index in [0.29, 0.717) is 0 Å². The number of thioether (sulfide) groups is 1. The van der Waals surface area contributed by atoms with E-state index in [1.807, 2.05) is 17.7 Å². The number of nitrogens with zero attached hydrogens (tertiary/aromatic N) is 2. The molecule has 2 N–H and O–H groups in total. The monoisotopic (exact) mass is 221 g/mol. The van der Waals surface area contributed by atoms with Gasteiger partial charge in [0.15, 0.2) is 0 Å². The van der Waals surface area contributed by atoms with Gasteiger partial charge in [-0.25, -0.2) is 4.52 Å². The Bertz CT molecular complexity index is 502. The maximum Gasteiger partial charge on any atom is 0.142 e. The molecule has 0 aliphatic heterocycles. The molecular formula is C11H15N3S. The molecule has 2 rings (SSSR count). The summed E-state index contributed by atoms with van der Waals surface area (Å²) in [7, 11) is 0. The molecule has 0 aromatic carbocycles. The molecule has 15 heavy (non-hydrogen) atoms. The highest BCUT2D eigenvalue weighted by molar-refractivity contribution is 7.98. The lowest BCUT2D eigenvalue weighted by Gasteiger charge is -2.04. The molecule has 0 saturated carbocycles. The van der Waals surface area contributed by atoms with Gasteiger partial charge >= 0.3 is 0 Å². The fraction of sp³-hybridized carbons (Fsp3) is 0.364. The van der Waals surface area contributed by atoms with Crippen molar-refractivity contribution >= 4 is 23.0 Å². The van der Waals surface area contributed by atoms with Gasteiger partial charge in [-0.05, 0) is 31.2 Å². The Labute approximate surface area is 93.7 Å². The lowest BCUT2D eigenvalue weighted by molar-refractivity contribution is 0.860. The van der Waals surface area contributed by atoms with Crippen molar-refractivity contribution in [2.75, 3.05) is 12.0 Å². The second-order valence-electron chi connectivity index (χ2n) is 3.54. The van der Waals surface area contributed by atoms with Crippen molar-refractivity contribution in [3.8, 4) is 0 Å². The molecule has 4 heteroatoms. The van der Waals surface area contributed by atoms with Gasteiger partial charge in [-0.1, -0.05) is 13.0 Å². The summed E-state index contributed by atoms with van der Waals surface area (Å²) in [5.41, 5.74) is 10.3. The zero-order valence-electron chi connectivity index (χ0n) is 9.24. The van der Waals surface area contributed by atoms with E-state index in [-0.39, 0.29) is 0 Å². The van der Waals surface area contributed by atoms with Gasteiger partial charge in [0.2, 0.25) is 0 Å². The lowest BCUT2D eigenvalue weighted by atomic mass is 10.1. The van der Waals surface area contributed by atoms with Crippen LogP contribution in [0, 0.1) is 6.92 Å². The molecule has 2 heterocycles. The Morgan fingerprint density at radius 1 is 1.47 bits per heavy atom.